The van der Waals surface area contributed by atoms with Crippen molar-refractivity contribution in [3.8, 4) is 11.3 Å². The molecule has 0 aliphatic rings. The second-order valence-corrected chi connectivity index (χ2v) is 7.56. The van der Waals surface area contributed by atoms with Crippen molar-refractivity contribution in [1.82, 2.24) is 14.1 Å². The van der Waals surface area contributed by atoms with Gasteiger partial charge in [0.05, 0.1) is 18.5 Å². The van der Waals surface area contributed by atoms with Crippen LogP contribution in [0.5, 0.6) is 0 Å². The number of thiazole rings is 1. The number of aryl methyl sites for hydroxylation is 1. The quantitative estimate of drug-likeness (QED) is 0.528. The molecule has 4 aromatic rings. The highest BCUT2D eigenvalue weighted by molar-refractivity contribution is 7.14. The number of hydrogen-bond donors (Lipinski definition) is 1. The van der Waals surface area contributed by atoms with Gasteiger partial charge in [-0.1, -0.05) is 6.07 Å². The van der Waals surface area contributed by atoms with Crippen molar-refractivity contribution in [2.75, 3.05) is 5.32 Å². The summed E-state index contributed by atoms with van der Waals surface area (Å²) < 4.78 is 8.99. The summed E-state index contributed by atoms with van der Waals surface area (Å²) in [6.07, 6.45) is 3.26. The fourth-order valence-electron chi connectivity index (χ4n) is 3.22. The van der Waals surface area contributed by atoms with Crippen molar-refractivity contribution in [3.05, 3.63) is 81.7 Å². The summed E-state index contributed by atoms with van der Waals surface area (Å²) >= 11 is 1.36. The fourth-order valence-corrected chi connectivity index (χ4v) is 3.95. The number of hydrogen-bond acceptors (Lipinski definition) is 5. The van der Waals surface area contributed by atoms with Crippen LogP contribution in [0.25, 0.3) is 11.3 Å². The van der Waals surface area contributed by atoms with E-state index in [1.807, 2.05) is 31.4 Å². The predicted octanol–water partition coefficient (Wildman–Crippen LogP) is 3.67. The van der Waals surface area contributed by atoms with E-state index in [-0.39, 0.29) is 18.0 Å². The summed E-state index contributed by atoms with van der Waals surface area (Å²) in [4.78, 5) is 28.6. The molecule has 0 saturated carbocycles. The first-order chi connectivity index (χ1) is 14.0. The molecule has 8 heteroatoms. The Morgan fingerprint density at radius 3 is 2.86 bits per heavy atom. The lowest BCUT2D eigenvalue weighted by Crippen LogP contribution is -2.26. The molecule has 0 fully saturated rings. The summed E-state index contributed by atoms with van der Waals surface area (Å²) in [6.45, 7) is 4.70. The number of nitrogens with zero attached hydrogens (tertiary/aromatic N) is 3. The van der Waals surface area contributed by atoms with Gasteiger partial charge in [0.25, 0.3) is 5.56 Å². The van der Waals surface area contributed by atoms with Crippen molar-refractivity contribution in [1.29, 1.82) is 0 Å². The van der Waals surface area contributed by atoms with Gasteiger partial charge in [-0.15, -0.1) is 11.3 Å². The molecule has 4 aromatic heterocycles. The van der Waals surface area contributed by atoms with Gasteiger partial charge >= 0.3 is 0 Å². The highest BCUT2D eigenvalue weighted by Crippen LogP contribution is 2.30. The second-order valence-electron chi connectivity index (χ2n) is 6.70. The van der Waals surface area contributed by atoms with Crippen molar-refractivity contribution in [2.45, 2.75) is 26.9 Å². The zero-order valence-electron chi connectivity index (χ0n) is 16.1. The van der Waals surface area contributed by atoms with Crippen molar-refractivity contribution in [3.63, 3.8) is 0 Å². The predicted molar refractivity (Wildman–Crippen MR) is 112 cm³/mol. The molecule has 0 radical (unpaired) electrons. The third kappa shape index (κ3) is 4.07. The van der Waals surface area contributed by atoms with E-state index in [1.54, 1.807) is 24.6 Å². The molecule has 0 bridgehead atoms. The van der Waals surface area contributed by atoms with E-state index in [1.165, 1.54) is 22.0 Å². The number of furan rings is 1. The maximum absolute atomic E-state index is 12.3. The number of aromatic nitrogens is 3. The topological polar surface area (TPSA) is 82.1 Å². The largest absolute Gasteiger partial charge is 0.467 e. The monoisotopic (exact) mass is 408 g/mol. The van der Waals surface area contributed by atoms with E-state index in [9.17, 15) is 9.59 Å². The minimum absolute atomic E-state index is 0.0494. The third-order valence-corrected chi connectivity index (χ3v) is 5.46. The first kappa shape index (κ1) is 18.9. The smallest absolute Gasteiger partial charge is 0.250 e. The van der Waals surface area contributed by atoms with Crippen LogP contribution >= 0.6 is 11.3 Å². The Labute approximate surface area is 171 Å². The van der Waals surface area contributed by atoms with E-state index < -0.39 is 0 Å². The van der Waals surface area contributed by atoms with Gasteiger partial charge in [0, 0.05) is 34.6 Å². The Morgan fingerprint density at radius 1 is 1.24 bits per heavy atom. The highest BCUT2D eigenvalue weighted by atomic mass is 32.1. The molecule has 7 nitrogen and oxygen atoms in total. The summed E-state index contributed by atoms with van der Waals surface area (Å²) in [5.41, 5.74) is 3.80. The molecule has 29 heavy (non-hydrogen) atoms. The van der Waals surface area contributed by atoms with Crippen LogP contribution in [0.1, 0.15) is 17.1 Å². The lowest BCUT2D eigenvalue weighted by Gasteiger charge is -2.07. The molecule has 0 aliphatic heterocycles. The first-order valence-electron chi connectivity index (χ1n) is 9.11. The van der Waals surface area contributed by atoms with Gasteiger partial charge in [0.1, 0.15) is 12.3 Å². The Morgan fingerprint density at radius 2 is 2.10 bits per heavy atom. The van der Waals surface area contributed by atoms with Crippen LogP contribution in [0.4, 0.5) is 5.13 Å². The van der Waals surface area contributed by atoms with Gasteiger partial charge in [-0.05, 0) is 38.1 Å². The van der Waals surface area contributed by atoms with E-state index in [0.717, 1.165) is 28.4 Å². The number of nitrogens with one attached hydrogen (secondary N) is 1. The summed E-state index contributed by atoms with van der Waals surface area (Å²) in [5, 5.41) is 5.20. The average molecular weight is 408 g/mol. The third-order valence-electron chi connectivity index (χ3n) is 4.71. The number of amides is 1. The molecule has 0 atom stereocenters. The number of anilines is 1. The van der Waals surface area contributed by atoms with Crippen LogP contribution in [0, 0.1) is 13.8 Å². The van der Waals surface area contributed by atoms with Crippen molar-refractivity contribution >= 4 is 22.4 Å². The van der Waals surface area contributed by atoms with Crippen LogP contribution < -0.4 is 10.9 Å². The lowest BCUT2D eigenvalue weighted by atomic mass is 10.2. The highest BCUT2D eigenvalue weighted by Gasteiger charge is 2.15. The molecule has 0 saturated heterocycles. The maximum atomic E-state index is 12.3. The molecule has 0 unspecified atom stereocenters. The average Bonchev–Trinajstić information content (AvgIpc) is 3.42. The fraction of sp³-hybridized carbons (Fsp3) is 0.190. The van der Waals surface area contributed by atoms with Crippen LogP contribution in [0.15, 0.2) is 63.4 Å². The maximum Gasteiger partial charge on any atom is 0.250 e. The van der Waals surface area contributed by atoms with E-state index >= 15 is 0 Å². The molecule has 1 N–H and O–H groups in total. The van der Waals surface area contributed by atoms with Crippen LogP contribution in [0.3, 0.4) is 0 Å². The number of carbonyl (C=O) groups excluding carboxylic acids is 1. The van der Waals surface area contributed by atoms with E-state index in [4.69, 9.17) is 4.42 Å². The van der Waals surface area contributed by atoms with Gasteiger partial charge in [-0.25, -0.2) is 4.98 Å². The summed E-state index contributed by atoms with van der Waals surface area (Å²) in [5.74, 6) is 0.600. The van der Waals surface area contributed by atoms with E-state index in [0.29, 0.717) is 11.7 Å². The molecule has 0 spiro atoms. The second kappa shape index (κ2) is 7.92. The summed E-state index contributed by atoms with van der Waals surface area (Å²) in [6, 6.07) is 10.7. The Balaban J connectivity index is 1.50. The molecular formula is C21H20N4O3S. The van der Waals surface area contributed by atoms with Crippen LogP contribution in [-0.4, -0.2) is 20.0 Å². The molecule has 4 rings (SSSR count). The SMILES string of the molecule is Cc1cc(-c2csc(NC(=O)Cn3ccccc3=O)n2)c(C)n1Cc1ccco1. The number of carbonyl (C=O) groups is 1. The minimum Gasteiger partial charge on any atom is -0.467 e. The van der Waals surface area contributed by atoms with Crippen molar-refractivity contribution in [2.24, 2.45) is 0 Å². The van der Waals surface area contributed by atoms with Crippen LogP contribution in [-0.2, 0) is 17.9 Å². The van der Waals surface area contributed by atoms with Gasteiger partial charge in [0.15, 0.2) is 5.13 Å². The van der Waals surface area contributed by atoms with Crippen LogP contribution in [0.2, 0.25) is 0 Å². The standard InChI is InChI=1S/C21H20N4O3S/c1-14-10-17(15(2)25(14)11-16-6-5-9-28-16)18-13-29-21(22-18)23-19(26)12-24-8-4-3-7-20(24)27/h3-10,13H,11-12H2,1-2H3,(H,22,23,26). The molecule has 148 valence electrons. The van der Waals surface area contributed by atoms with Gasteiger partial charge in [-0.3, -0.25) is 9.59 Å². The zero-order valence-corrected chi connectivity index (χ0v) is 16.9. The zero-order chi connectivity index (χ0) is 20.4. The molecule has 1 amide bonds. The molecule has 4 heterocycles. The lowest BCUT2D eigenvalue weighted by molar-refractivity contribution is -0.116. The van der Waals surface area contributed by atoms with Gasteiger partial charge in [0.2, 0.25) is 5.91 Å². The van der Waals surface area contributed by atoms with Gasteiger partial charge in [-0.2, -0.15) is 0 Å². The normalized spacial score (nSPS) is 11.0. The molecule has 0 aliphatic carbocycles. The Kier molecular flexibility index (Phi) is 5.18. The molecular weight excluding hydrogens is 388 g/mol. The minimum atomic E-state index is -0.289. The van der Waals surface area contributed by atoms with E-state index in [2.05, 4.69) is 20.9 Å². The summed E-state index contributed by atoms with van der Waals surface area (Å²) in [7, 11) is 0. The van der Waals surface area contributed by atoms with Gasteiger partial charge < -0.3 is 18.9 Å². The Hall–Kier alpha value is -3.39. The first-order valence-corrected chi connectivity index (χ1v) is 9.99. The number of rotatable bonds is 6. The number of pyridine rings is 1. The molecule has 0 aromatic carbocycles. The Bertz CT molecular complexity index is 1200. The van der Waals surface area contributed by atoms with Crippen molar-refractivity contribution < 1.29 is 9.21 Å².